The molecule has 0 heterocycles. The Morgan fingerprint density at radius 3 is 2.55 bits per heavy atom. The van der Waals surface area contributed by atoms with E-state index in [1.54, 1.807) is 18.2 Å². The minimum atomic E-state index is -0.503. The zero-order chi connectivity index (χ0) is 23.8. The standard InChI is InChI=1S/C26H22BrClN2O3/c1-3-32-24-14-19(12-20(15-29)26(31)30-23-7-5-4-6-17(23)2)13-22(28)25(24)33-16-18-8-10-21(27)11-9-18/h4-14H,3,16H2,1-2H3,(H,30,31)/b20-12+. The van der Waals surface area contributed by atoms with Gasteiger partial charge in [-0.3, -0.25) is 4.79 Å². The van der Waals surface area contributed by atoms with Gasteiger partial charge >= 0.3 is 0 Å². The highest BCUT2D eigenvalue weighted by atomic mass is 79.9. The molecule has 0 bridgehead atoms. The van der Waals surface area contributed by atoms with E-state index in [0.717, 1.165) is 15.6 Å². The van der Waals surface area contributed by atoms with E-state index in [1.807, 2.05) is 62.4 Å². The fraction of sp³-hybridized carbons (Fsp3) is 0.154. The molecular formula is C26H22BrClN2O3. The lowest BCUT2D eigenvalue weighted by Crippen LogP contribution is -2.14. The van der Waals surface area contributed by atoms with Crippen LogP contribution in [0.15, 0.2) is 70.7 Å². The Morgan fingerprint density at radius 2 is 1.88 bits per heavy atom. The first-order chi connectivity index (χ1) is 15.9. The van der Waals surface area contributed by atoms with Crippen molar-refractivity contribution in [3.63, 3.8) is 0 Å². The molecule has 1 amide bonds. The lowest BCUT2D eigenvalue weighted by Gasteiger charge is -2.15. The topological polar surface area (TPSA) is 71.3 Å². The SMILES string of the molecule is CCOc1cc(/C=C(\C#N)C(=O)Nc2ccccc2C)cc(Cl)c1OCc1ccc(Br)cc1. The molecule has 0 radical (unpaired) electrons. The number of anilines is 1. The Morgan fingerprint density at radius 1 is 1.15 bits per heavy atom. The Labute approximate surface area is 206 Å². The lowest BCUT2D eigenvalue weighted by molar-refractivity contribution is -0.112. The molecule has 3 rings (SSSR count). The third kappa shape index (κ3) is 6.61. The fourth-order valence-electron chi connectivity index (χ4n) is 3.03. The Bertz CT molecular complexity index is 1220. The summed E-state index contributed by atoms with van der Waals surface area (Å²) < 4.78 is 12.6. The molecule has 0 aliphatic carbocycles. The van der Waals surface area contributed by atoms with Crippen molar-refractivity contribution in [3.8, 4) is 17.6 Å². The monoisotopic (exact) mass is 524 g/mol. The first-order valence-corrected chi connectivity index (χ1v) is 11.4. The van der Waals surface area contributed by atoms with E-state index in [4.69, 9.17) is 21.1 Å². The van der Waals surface area contributed by atoms with Crippen LogP contribution in [-0.2, 0) is 11.4 Å². The number of benzene rings is 3. The highest BCUT2D eigenvalue weighted by Crippen LogP contribution is 2.38. The van der Waals surface area contributed by atoms with Crippen molar-refractivity contribution >= 4 is 45.2 Å². The van der Waals surface area contributed by atoms with Gasteiger partial charge in [-0.05, 0) is 66.9 Å². The average Bonchev–Trinajstić information content (AvgIpc) is 2.79. The molecule has 0 aliphatic rings. The Balaban J connectivity index is 1.85. The van der Waals surface area contributed by atoms with E-state index < -0.39 is 5.91 Å². The van der Waals surface area contributed by atoms with Gasteiger partial charge in [-0.15, -0.1) is 0 Å². The number of amides is 1. The number of nitriles is 1. The number of hydrogen-bond acceptors (Lipinski definition) is 4. The fourth-order valence-corrected chi connectivity index (χ4v) is 3.57. The van der Waals surface area contributed by atoms with E-state index in [-0.39, 0.29) is 5.57 Å². The van der Waals surface area contributed by atoms with Gasteiger partial charge in [0, 0.05) is 10.2 Å². The third-order valence-corrected chi connectivity index (χ3v) is 5.51. The first kappa shape index (κ1) is 24.4. The Kier molecular flexibility index (Phi) is 8.53. The predicted octanol–water partition coefficient (Wildman–Crippen LogP) is 6.93. The zero-order valence-corrected chi connectivity index (χ0v) is 20.5. The van der Waals surface area contributed by atoms with Gasteiger partial charge in [0.2, 0.25) is 0 Å². The van der Waals surface area contributed by atoms with Gasteiger partial charge in [-0.2, -0.15) is 5.26 Å². The van der Waals surface area contributed by atoms with Crippen LogP contribution in [0.25, 0.3) is 6.08 Å². The highest BCUT2D eigenvalue weighted by molar-refractivity contribution is 9.10. The number of hydrogen-bond donors (Lipinski definition) is 1. The van der Waals surface area contributed by atoms with Crippen LogP contribution in [0.2, 0.25) is 5.02 Å². The van der Waals surface area contributed by atoms with Gasteiger partial charge in [0.25, 0.3) is 5.91 Å². The molecule has 7 heteroatoms. The predicted molar refractivity (Wildman–Crippen MR) is 134 cm³/mol. The van der Waals surface area contributed by atoms with Gasteiger partial charge in [0.1, 0.15) is 18.2 Å². The number of aryl methyl sites for hydroxylation is 1. The summed E-state index contributed by atoms with van der Waals surface area (Å²) in [7, 11) is 0. The van der Waals surface area contributed by atoms with Crippen LogP contribution in [0, 0.1) is 18.3 Å². The minimum Gasteiger partial charge on any atom is -0.490 e. The molecule has 0 unspecified atom stereocenters. The lowest BCUT2D eigenvalue weighted by atomic mass is 10.1. The molecule has 0 fully saturated rings. The zero-order valence-electron chi connectivity index (χ0n) is 18.2. The van der Waals surface area contributed by atoms with E-state index in [0.29, 0.717) is 41.0 Å². The average molecular weight is 526 g/mol. The summed E-state index contributed by atoms with van der Waals surface area (Å²) in [5.41, 5.74) is 3.02. The molecule has 0 spiro atoms. The van der Waals surface area contributed by atoms with Crippen molar-refractivity contribution in [3.05, 3.63) is 92.4 Å². The van der Waals surface area contributed by atoms with Crippen LogP contribution in [0.1, 0.15) is 23.6 Å². The Hall–Kier alpha value is -3.27. The molecular weight excluding hydrogens is 504 g/mol. The quantitative estimate of drug-likeness (QED) is 0.256. The summed E-state index contributed by atoms with van der Waals surface area (Å²) in [4.78, 5) is 12.7. The number of para-hydroxylation sites is 1. The second-order valence-electron chi connectivity index (χ2n) is 7.12. The van der Waals surface area contributed by atoms with Crippen molar-refractivity contribution in [2.75, 3.05) is 11.9 Å². The third-order valence-electron chi connectivity index (χ3n) is 4.70. The van der Waals surface area contributed by atoms with Crippen molar-refractivity contribution in [2.45, 2.75) is 20.5 Å². The molecule has 5 nitrogen and oxygen atoms in total. The molecule has 0 aromatic heterocycles. The second kappa shape index (κ2) is 11.6. The summed E-state index contributed by atoms with van der Waals surface area (Å²) in [6, 6.07) is 20.4. The van der Waals surface area contributed by atoms with Crippen molar-refractivity contribution in [1.29, 1.82) is 5.26 Å². The number of halogens is 2. The summed E-state index contributed by atoms with van der Waals surface area (Å²) in [6.07, 6.45) is 1.47. The van der Waals surface area contributed by atoms with Crippen LogP contribution in [0.3, 0.4) is 0 Å². The van der Waals surface area contributed by atoms with Gasteiger partial charge in [0.05, 0.1) is 11.6 Å². The molecule has 0 atom stereocenters. The van der Waals surface area contributed by atoms with Crippen LogP contribution < -0.4 is 14.8 Å². The number of carbonyl (C=O) groups excluding carboxylic acids is 1. The number of rotatable bonds is 8. The molecule has 1 N–H and O–H groups in total. The molecule has 168 valence electrons. The number of nitrogens with zero attached hydrogens (tertiary/aromatic N) is 1. The van der Waals surface area contributed by atoms with E-state index in [9.17, 15) is 10.1 Å². The highest BCUT2D eigenvalue weighted by Gasteiger charge is 2.15. The molecule has 0 aliphatic heterocycles. The van der Waals surface area contributed by atoms with Crippen LogP contribution in [0.5, 0.6) is 11.5 Å². The molecule has 3 aromatic carbocycles. The van der Waals surface area contributed by atoms with Crippen molar-refractivity contribution in [2.24, 2.45) is 0 Å². The molecule has 0 saturated carbocycles. The minimum absolute atomic E-state index is 0.0553. The maximum absolute atomic E-state index is 12.7. The summed E-state index contributed by atoms with van der Waals surface area (Å²) in [5, 5.41) is 12.6. The van der Waals surface area contributed by atoms with E-state index >= 15 is 0 Å². The second-order valence-corrected chi connectivity index (χ2v) is 8.44. The van der Waals surface area contributed by atoms with Gasteiger partial charge in [-0.25, -0.2) is 0 Å². The first-order valence-electron chi connectivity index (χ1n) is 10.2. The summed E-state index contributed by atoms with van der Waals surface area (Å²) in [6.45, 7) is 4.44. The molecule has 3 aromatic rings. The van der Waals surface area contributed by atoms with Gasteiger partial charge in [0.15, 0.2) is 11.5 Å². The van der Waals surface area contributed by atoms with Gasteiger partial charge < -0.3 is 14.8 Å². The number of carbonyl (C=O) groups is 1. The van der Waals surface area contributed by atoms with E-state index in [1.165, 1.54) is 6.08 Å². The smallest absolute Gasteiger partial charge is 0.266 e. The maximum Gasteiger partial charge on any atom is 0.266 e. The summed E-state index contributed by atoms with van der Waals surface area (Å²) in [5.74, 6) is 0.336. The van der Waals surface area contributed by atoms with Crippen molar-refractivity contribution in [1.82, 2.24) is 0 Å². The van der Waals surface area contributed by atoms with E-state index in [2.05, 4.69) is 21.2 Å². The van der Waals surface area contributed by atoms with Crippen LogP contribution in [-0.4, -0.2) is 12.5 Å². The normalized spacial score (nSPS) is 10.9. The largest absolute Gasteiger partial charge is 0.490 e. The number of ether oxygens (including phenoxy) is 2. The van der Waals surface area contributed by atoms with Crippen LogP contribution >= 0.6 is 27.5 Å². The summed E-state index contributed by atoms with van der Waals surface area (Å²) >= 11 is 9.91. The molecule has 33 heavy (non-hydrogen) atoms. The molecule has 0 saturated heterocycles. The van der Waals surface area contributed by atoms with Crippen molar-refractivity contribution < 1.29 is 14.3 Å². The maximum atomic E-state index is 12.7. The van der Waals surface area contributed by atoms with Crippen LogP contribution in [0.4, 0.5) is 5.69 Å². The number of nitrogens with one attached hydrogen (secondary N) is 1. The van der Waals surface area contributed by atoms with Gasteiger partial charge in [-0.1, -0.05) is 57.9 Å².